The first-order valence-corrected chi connectivity index (χ1v) is 8.61. The van der Waals surface area contributed by atoms with Gasteiger partial charge >= 0.3 is 0 Å². The van der Waals surface area contributed by atoms with E-state index in [0.29, 0.717) is 28.5 Å². The summed E-state index contributed by atoms with van der Waals surface area (Å²) in [7, 11) is 3.03. The van der Waals surface area contributed by atoms with Crippen LogP contribution >= 0.6 is 0 Å². The fourth-order valence-corrected chi connectivity index (χ4v) is 3.43. The number of aryl methyl sites for hydroxylation is 1. The maximum atomic E-state index is 13.2. The van der Waals surface area contributed by atoms with E-state index in [1.165, 1.54) is 18.8 Å². The van der Waals surface area contributed by atoms with Crippen molar-refractivity contribution >= 4 is 0 Å². The van der Waals surface area contributed by atoms with Gasteiger partial charge in [-0.2, -0.15) is 5.26 Å². The molecule has 1 atom stereocenters. The van der Waals surface area contributed by atoms with Crippen LogP contribution in [0.3, 0.4) is 0 Å². The Hall–Kier alpha value is -3.44. The number of ether oxygens (including phenoxy) is 3. The highest BCUT2D eigenvalue weighted by atomic mass is 16.5. The first kappa shape index (κ1) is 19.3. The van der Waals surface area contributed by atoms with Gasteiger partial charge < -0.3 is 29.6 Å². The molecule has 0 saturated heterocycles. The lowest BCUT2D eigenvalue weighted by Gasteiger charge is -2.27. The van der Waals surface area contributed by atoms with Crippen LogP contribution in [0, 0.1) is 18.3 Å². The molecule has 0 fully saturated rings. The molecule has 1 aromatic heterocycles. The van der Waals surface area contributed by atoms with Crippen molar-refractivity contribution in [3.8, 4) is 23.3 Å². The minimum absolute atomic E-state index is 0.0477. The SMILES string of the molecule is COc1ccc(C2C(C#N)=C(N)Oc3cc(C)n(CCO)c(=O)c32)cc1OC. The smallest absolute Gasteiger partial charge is 0.258 e. The molecule has 0 aliphatic carbocycles. The average molecular weight is 383 g/mol. The Balaban J connectivity index is 2.30. The number of rotatable bonds is 5. The molecule has 2 heterocycles. The number of benzene rings is 1. The van der Waals surface area contributed by atoms with Gasteiger partial charge in [0.15, 0.2) is 11.5 Å². The van der Waals surface area contributed by atoms with Crippen LogP contribution in [-0.4, -0.2) is 30.5 Å². The Morgan fingerprint density at radius 3 is 2.61 bits per heavy atom. The van der Waals surface area contributed by atoms with Gasteiger partial charge in [0.2, 0.25) is 5.88 Å². The molecule has 0 saturated carbocycles. The molecule has 8 nitrogen and oxygen atoms in total. The molecule has 3 N–H and O–H groups in total. The van der Waals surface area contributed by atoms with Crippen LogP contribution in [0.2, 0.25) is 0 Å². The number of fused-ring (bicyclic) bond motifs is 1. The van der Waals surface area contributed by atoms with Crippen LogP contribution in [0.25, 0.3) is 0 Å². The van der Waals surface area contributed by atoms with Crippen LogP contribution in [0.5, 0.6) is 17.2 Å². The summed E-state index contributed by atoms with van der Waals surface area (Å²) in [5, 5.41) is 19.0. The number of nitriles is 1. The number of hydrogen-bond donors (Lipinski definition) is 2. The maximum Gasteiger partial charge on any atom is 0.258 e. The van der Waals surface area contributed by atoms with Crippen LogP contribution in [0.15, 0.2) is 40.5 Å². The minimum Gasteiger partial charge on any atom is -0.493 e. The minimum atomic E-state index is -0.730. The number of nitrogens with zero attached hydrogens (tertiary/aromatic N) is 2. The highest BCUT2D eigenvalue weighted by Crippen LogP contribution is 2.42. The van der Waals surface area contributed by atoms with E-state index in [2.05, 4.69) is 6.07 Å². The molecule has 1 aromatic carbocycles. The molecule has 1 unspecified atom stereocenters. The lowest BCUT2D eigenvalue weighted by Crippen LogP contribution is -2.33. The molecule has 0 spiro atoms. The van der Waals surface area contributed by atoms with Crippen molar-refractivity contribution in [2.45, 2.75) is 19.4 Å². The molecule has 0 amide bonds. The molecule has 2 aromatic rings. The number of methoxy groups -OCH3 is 2. The zero-order chi connectivity index (χ0) is 20.4. The van der Waals surface area contributed by atoms with Crippen molar-refractivity contribution < 1.29 is 19.3 Å². The summed E-state index contributed by atoms with van der Waals surface area (Å²) in [6, 6.07) is 8.91. The summed E-state index contributed by atoms with van der Waals surface area (Å²) in [4.78, 5) is 13.2. The highest BCUT2D eigenvalue weighted by Gasteiger charge is 2.34. The number of hydrogen-bond acceptors (Lipinski definition) is 7. The largest absolute Gasteiger partial charge is 0.493 e. The van der Waals surface area contributed by atoms with E-state index >= 15 is 0 Å². The lowest BCUT2D eigenvalue weighted by molar-refractivity contribution is 0.272. The van der Waals surface area contributed by atoms with Crippen molar-refractivity contribution in [2.75, 3.05) is 20.8 Å². The molecule has 146 valence electrons. The number of pyridine rings is 1. The summed E-state index contributed by atoms with van der Waals surface area (Å²) in [5.41, 5.74) is 7.33. The maximum absolute atomic E-state index is 13.2. The van der Waals surface area contributed by atoms with E-state index in [4.69, 9.17) is 19.9 Å². The molecule has 28 heavy (non-hydrogen) atoms. The van der Waals surface area contributed by atoms with Crippen LogP contribution in [0.4, 0.5) is 0 Å². The van der Waals surface area contributed by atoms with E-state index in [0.717, 1.165) is 0 Å². The van der Waals surface area contributed by atoms with Crippen molar-refractivity contribution in [3.63, 3.8) is 0 Å². The Morgan fingerprint density at radius 1 is 1.29 bits per heavy atom. The summed E-state index contributed by atoms with van der Waals surface area (Å²) >= 11 is 0. The molecule has 8 heteroatoms. The Labute approximate surface area is 162 Å². The van der Waals surface area contributed by atoms with E-state index in [1.54, 1.807) is 31.2 Å². The average Bonchev–Trinajstić information content (AvgIpc) is 2.69. The zero-order valence-corrected chi connectivity index (χ0v) is 15.9. The standard InChI is InChI=1S/C20H21N3O5/c1-11-8-16-18(20(25)23(11)6-7-24)17(13(10-21)19(22)28-16)12-4-5-14(26-2)15(9-12)27-3/h4-5,8-9,17,24H,6-7,22H2,1-3H3. The fraction of sp³-hybridized carbons (Fsp3) is 0.300. The summed E-state index contributed by atoms with van der Waals surface area (Å²) in [5.74, 6) is 0.510. The third-order valence-electron chi connectivity index (χ3n) is 4.75. The molecule has 0 radical (unpaired) electrons. The first-order chi connectivity index (χ1) is 13.5. The van der Waals surface area contributed by atoms with E-state index in [9.17, 15) is 15.2 Å². The van der Waals surface area contributed by atoms with Crippen molar-refractivity contribution in [1.82, 2.24) is 4.57 Å². The number of aromatic nitrogens is 1. The number of nitrogens with two attached hydrogens (primary N) is 1. The molecule has 0 bridgehead atoms. The topological polar surface area (TPSA) is 120 Å². The first-order valence-electron chi connectivity index (χ1n) is 8.61. The van der Waals surface area contributed by atoms with Crippen LogP contribution in [0.1, 0.15) is 22.7 Å². The quantitative estimate of drug-likeness (QED) is 0.800. The van der Waals surface area contributed by atoms with Crippen molar-refractivity contribution in [2.24, 2.45) is 5.73 Å². The Kier molecular flexibility index (Phi) is 5.29. The van der Waals surface area contributed by atoms with Gasteiger partial charge in [-0.1, -0.05) is 6.07 Å². The second-order valence-corrected chi connectivity index (χ2v) is 6.28. The van der Waals surface area contributed by atoms with E-state index < -0.39 is 5.92 Å². The number of allylic oxidation sites excluding steroid dienone is 1. The third kappa shape index (κ3) is 3.06. The second-order valence-electron chi connectivity index (χ2n) is 6.28. The molecular formula is C20H21N3O5. The predicted octanol–water partition coefficient (Wildman–Crippen LogP) is 1.38. The van der Waals surface area contributed by atoms with Gasteiger partial charge in [-0.3, -0.25) is 4.79 Å². The normalized spacial score (nSPS) is 15.5. The second kappa shape index (κ2) is 7.66. The van der Waals surface area contributed by atoms with Crippen LogP contribution in [-0.2, 0) is 6.54 Å². The molecular weight excluding hydrogens is 362 g/mol. The van der Waals surface area contributed by atoms with Gasteiger partial charge in [-0.25, -0.2) is 0 Å². The van der Waals surface area contributed by atoms with Gasteiger partial charge in [0.25, 0.3) is 5.56 Å². The predicted molar refractivity (Wildman–Crippen MR) is 101 cm³/mol. The van der Waals surface area contributed by atoms with Gasteiger partial charge in [0.05, 0.1) is 32.3 Å². The number of aliphatic hydroxyl groups is 1. The zero-order valence-electron chi connectivity index (χ0n) is 15.9. The van der Waals surface area contributed by atoms with Crippen molar-refractivity contribution in [3.05, 3.63) is 62.9 Å². The van der Waals surface area contributed by atoms with E-state index in [-0.39, 0.29) is 35.7 Å². The van der Waals surface area contributed by atoms with Gasteiger partial charge in [-0.05, 0) is 24.6 Å². The molecule has 1 aliphatic rings. The Bertz CT molecular complexity index is 1050. The monoisotopic (exact) mass is 383 g/mol. The Morgan fingerprint density at radius 2 is 2.00 bits per heavy atom. The molecule has 1 aliphatic heterocycles. The van der Waals surface area contributed by atoms with Gasteiger partial charge in [-0.15, -0.1) is 0 Å². The summed E-state index contributed by atoms with van der Waals surface area (Å²) in [6.45, 7) is 1.69. The fourth-order valence-electron chi connectivity index (χ4n) is 3.43. The highest BCUT2D eigenvalue weighted by molar-refractivity contribution is 5.57. The lowest BCUT2D eigenvalue weighted by atomic mass is 9.84. The molecule has 3 rings (SSSR count). The van der Waals surface area contributed by atoms with E-state index in [1.807, 2.05) is 0 Å². The van der Waals surface area contributed by atoms with Gasteiger partial charge in [0.1, 0.15) is 17.4 Å². The van der Waals surface area contributed by atoms with Crippen LogP contribution < -0.4 is 25.5 Å². The summed E-state index contributed by atoms with van der Waals surface area (Å²) < 4.78 is 17.7. The number of aliphatic hydroxyl groups excluding tert-OH is 1. The van der Waals surface area contributed by atoms with Crippen molar-refractivity contribution in [1.29, 1.82) is 5.26 Å². The third-order valence-corrected chi connectivity index (χ3v) is 4.75. The van der Waals surface area contributed by atoms with Gasteiger partial charge in [0, 0.05) is 18.3 Å². The summed E-state index contributed by atoms with van der Waals surface area (Å²) in [6.07, 6.45) is 0.